The van der Waals surface area contributed by atoms with Crippen molar-refractivity contribution in [2.45, 2.75) is 46.1 Å². The minimum atomic E-state index is -0.805. The normalized spacial score (nSPS) is 12.2. The molecule has 0 spiro atoms. The third-order valence-corrected chi connectivity index (χ3v) is 2.73. The van der Waals surface area contributed by atoms with Crippen LogP contribution in [0.4, 0.5) is 4.79 Å². The first kappa shape index (κ1) is 17.7. The van der Waals surface area contributed by atoms with Crippen LogP contribution in [0.3, 0.4) is 0 Å². The van der Waals surface area contributed by atoms with Crippen LogP contribution in [0.1, 0.15) is 40.0 Å². The maximum absolute atomic E-state index is 11.6. The fourth-order valence-corrected chi connectivity index (χ4v) is 1.47. The maximum Gasteiger partial charge on any atom is 0.315 e. The van der Waals surface area contributed by atoms with Gasteiger partial charge < -0.3 is 20.5 Å². The summed E-state index contributed by atoms with van der Waals surface area (Å²) in [7, 11) is 0. The van der Waals surface area contributed by atoms with Gasteiger partial charge in [-0.1, -0.05) is 13.8 Å². The number of carboxylic acids is 1. The Morgan fingerprint density at radius 1 is 1.26 bits per heavy atom. The van der Waals surface area contributed by atoms with E-state index in [0.29, 0.717) is 38.5 Å². The van der Waals surface area contributed by atoms with Crippen LogP contribution in [0.25, 0.3) is 0 Å². The summed E-state index contributed by atoms with van der Waals surface area (Å²) in [6.07, 6.45) is 1.38. The molecule has 0 aliphatic carbocycles. The molecule has 0 aliphatic heterocycles. The Bertz CT molecular complexity index is 269. The van der Waals surface area contributed by atoms with E-state index in [4.69, 9.17) is 9.84 Å². The third kappa shape index (κ3) is 10.3. The Hall–Kier alpha value is -1.30. The highest BCUT2D eigenvalue weighted by molar-refractivity contribution is 5.74. The lowest BCUT2D eigenvalue weighted by Gasteiger charge is -2.22. The number of nitrogens with one attached hydrogen (secondary N) is 2. The molecule has 0 saturated heterocycles. The van der Waals surface area contributed by atoms with Gasteiger partial charge in [-0.25, -0.2) is 4.79 Å². The molecule has 19 heavy (non-hydrogen) atoms. The van der Waals surface area contributed by atoms with Crippen molar-refractivity contribution in [2.75, 3.05) is 19.8 Å². The lowest BCUT2D eigenvalue weighted by Crippen LogP contribution is -2.47. The second kappa shape index (κ2) is 10.6. The van der Waals surface area contributed by atoms with Crippen molar-refractivity contribution < 1.29 is 19.4 Å². The van der Waals surface area contributed by atoms with Gasteiger partial charge in [0.15, 0.2) is 0 Å². The van der Waals surface area contributed by atoms with E-state index in [1.165, 1.54) is 0 Å². The Kier molecular flexibility index (Phi) is 9.88. The third-order valence-electron chi connectivity index (χ3n) is 2.73. The molecular weight excluding hydrogens is 248 g/mol. The quantitative estimate of drug-likeness (QED) is 0.528. The van der Waals surface area contributed by atoms with Crippen LogP contribution >= 0.6 is 0 Å². The lowest BCUT2D eigenvalue weighted by atomic mass is 10.1. The minimum absolute atomic E-state index is 0.0148. The van der Waals surface area contributed by atoms with Gasteiger partial charge in [-0.2, -0.15) is 0 Å². The van der Waals surface area contributed by atoms with Crippen molar-refractivity contribution in [2.24, 2.45) is 5.92 Å². The number of hydrogen-bond acceptors (Lipinski definition) is 3. The van der Waals surface area contributed by atoms with Crippen molar-refractivity contribution in [1.29, 1.82) is 0 Å². The molecule has 6 nitrogen and oxygen atoms in total. The van der Waals surface area contributed by atoms with E-state index in [1.54, 1.807) is 0 Å². The smallest absolute Gasteiger partial charge is 0.315 e. The maximum atomic E-state index is 11.6. The zero-order valence-electron chi connectivity index (χ0n) is 12.1. The highest BCUT2D eigenvalue weighted by Gasteiger charge is 2.15. The average Bonchev–Trinajstić information content (AvgIpc) is 2.33. The molecule has 0 bridgehead atoms. The number of aliphatic carboxylic acids is 1. The molecule has 1 unspecified atom stereocenters. The van der Waals surface area contributed by atoms with E-state index in [-0.39, 0.29) is 18.5 Å². The number of carbonyl (C=O) groups is 2. The van der Waals surface area contributed by atoms with Crippen LogP contribution in [0.5, 0.6) is 0 Å². The van der Waals surface area contributed by atoms with Crippen molar-refractivity contribution in [3.63, 3.8) is 0 Å². The molecule has 0 aromatic carbocycles. The highest BCUT2D eigenvalue weighted by atomic mass is 16.5. The first-order valence-corrected chi connectivity index (χ1v) is 6.81. The molecule has 0 radical (unpaired) electrons. The summed E-state index contributed by atoms with van der Waals surface area (Å²) in [4.78, 5) is 21.9. The standard InChI is InChI=1S/C13H26N2O4/c1-4-19-9-11(10(2)3)15-13(18)14-8-6-5-7-12(16)17/h10-11H,4-9H2,1-3H3,(H,16,17)(H2,14,15,18). The summed E-state index contributed by atoms with van der Waals surface area (Å²) in [5.41, 5.74) is 0. The number of carbonyl (C=O) groups excluding carboxylic acids is 1. The number of urea groups is 1. The number of carboxylic acid groups (broad SMARTS) is 1. The van der Waals surface area contributed by atoms with E-state index in [1.807, 2.05) is 20.8 Å². The van der Waals surface area contributed by atoms with Crippen LogP contribution in [0.15, 0.2) is 0 Å². The van der Waals surface area contributed by atoms with Crippen molar-refractivity contribution in [1.82, 2.24) is 10.6 Å². The topological polar surface area (TPSA) is 87.7 Å². The SMILES string of the molecule is CCOCC(NC(=O)NCCCCC(=O)O)C(C)C. The Morgan fingerprint density at radius 3 is 2.47 bits per heavy atom. The minimum Gasteiger partial charge on any atom is -0.481 e. The Morgan fingerprint density at radius 2 is 1.95 bits per heavy atom. The molecule has 0 rings (SSSR count). The van der Waals surface area contributed by atoms with Crippen LogP contribution in [0.2, 0.25) is 0 Å². The summed E-state index contributed by atoms with van der Waals surface area (Å²) in [5, 5.41) is 14.1. The van der Waals surface area contributed by atoms with Crippen LogP contribution in [-0.4, -0.2) is 42.9 Å². The molecule has 0 fully saturated rings. The monoisotopic (exact) mass is 274 g/mol. The summed E-state index contributed by atoms with van der Waals surface area (Å²) < 4.78 is 5.32. The molecule has 2 amide bonds. The first-order chi connectivity index (χ1) is 8.97. The van der Waals surface area contributed by atoms with Crippen molar-refractivity contribution in [3.05, 3.63) is 0 Å². The number of amides is 2. The average molecular weight is 274 g/mol. The second-order valence-corrected chi connectivity index (χ2v) is 4.76. The van der Waals surface area contributed by atoms with Gasteiger partial charge in [0, 0.05) is 19.6 Å². The molecule has 0 heterocycles. The van der Waals surface area contributed by atoms with Gasteiger partial charge in [0.1, 0.15) is 0 Å². The number of hydrogen-bond donors (Lipinski definition) is 3. The summed E-state index contributed by atoms with van der Waals surface area (Å²) in [5.74, 6) is -0.509. The summed E-state index contributed by atoms with van der Waals surface area (Å²) >= 11 is 0. The van der Waals surface area contributed by atoms with Gasteiger partial charge in [0.2, 0.25) is 0 Å². The Balaban J connectivity index is 3.77. The van der Waals surface area contributed by atoms with Crippen molar-refractivity contribution in [3.8, 4) is 0 Å². The predicted octanol–water partition coefficient (Wildman–Crippen LogP) is 1.60. The largest absolute Gasteiger partial charge is 0.481 e. The molecule has 6 heteroatoms. The molecule has 0 aromatic heterocycles. The van der Waals surface area contributed by atoms with Gasteiger partial charge in [-0.05, 0) is 25.7 Å². The van der Waals surface area contributed by atoms with Gasteiger partial charge in [-0.3, -0.25) is 4.79 Å². The number of unbranched alkanes of at least 4 members (excludes halogenated alkanes) is 1. The van der Waals surface area contributed by atoms with E-state index in [9.17, 15) is 9.59 Å². The zero-order chi connectivity index (χ0) is 14.7. The second-order valence-electron chi connectivity index (χ2n) is 4.76. The van der Waals surface area contributed by atoms with Crippen molar-refractivity contribution >= 4 is 12.0 Å². The number of rotatable bonds is 10. The molecule has 112 valence electrons. The fraction of sp³-hybridized carbons (Fsp3) is 0.846. The molecule has 0 saturated carbocycles. The number of ether oxygens (including phenoxy) is 1. The predicted molar refractivity (Wildman–Crippen MR) is 73.1 cm³/mol. The molecule has 3 N–H and O–H groups in total. The summed E-state index contributed by atoms with van der Waals surface area (Å²) in [6.45, 7) is 7.58. The van der Waals surface area contributed by atoms with Gasteiger partial charge in [-0.15, -0.1) is 0 Å². The van der Waals surface area contributed by atoms with E-state index in [2.05, 4.69) is 10.6 Å². The molecule has 1 atom stereocenters. The van der Waals surface area contributed by atoms with E-state index < -0.39 is 5.97 Å². The van der Waals surface area contributed by atoms with Gasteiger partial charge >= 0.3 is 12.0 Å². The fourth-order valence-electron chi connectivity index (χ4n) is 1.47. The first-order valence-electron chi connectivity index (χ1n) is 6.81. The zero-order valence-corrected chi connectivity index (χ0v) is 12.1. The van der Waals surface area contributed by atoms with Crippen LogP contribution in [-0.2, 0) is 9.53 Å². The van der Waals surface area contributed by atoms with E-state index in [0.717, 1.165) is 0 Å². The molecular formula is C13H26N2O4. The highest BCUT2D eigenvalue weighted by Crippen LogP contribution is 2.02. The van der Waals surface area contributed by atoms with Gasteiger partial charge in [0.05, 0.1) is 12.6 Å². The lowest BCUT2D eigenvalue weighted by molar-refractivity contribution is -0.137. The molecule has 0 aliphatic rings. The van der Waals surface area contributed by atoms with Gasteiger partial charge in [0.25, 0.3) is 0 Å². The Labute approximate surface area is 114 Å². The van der Waals surface area contributed by atoms with Crippen LogP contribution < -0.4 is 10.6 Å². The van der Waals surface area contributed by atoms with Crippen LogP contribution in [0, 0.1) is 5.92 Å². The summed E-state index contributed by atoms with van der Waals surface area (Å²) in [6, 6.07) is -0.243. The van der Waals surface area contributed by atoms with E-state index >= 15 is 0 Å². The molecule has 0 aromatic rings.